The molecule has 0 fully saturated rings. The van der Waals surface area contributed by atoms with Crippen LogP contribution >= 0.6 is 11.6 Å². The summed E-state index contributed by atoms with van der Waals surface area (Å²) in [7, 11) is 0. The van der Waals surface area contributed by atoms with Crippen LogP contribution in [0.5, 0.6) is 0 Å². The third-order valence-electron chi connectivity index (χ3n) is 4.59. The van der Waals surface area contributed by atoms with Gasteiger partial charge in [0, 0.05) is 60.2 Å². The Morgan fingerprint density at radius 3 is 2.73 bits per heavy atom. The van der Waals surface area contributed by atoms with Crippen molar-refractivity contribution in [3.63, 3.8) is 0 Å². The second-order valence-corrected chi connectivity index (χ2v) is 7.02. The van der Waals surface area contributed by atoms with E-state index in [0.29, 0.717) is 10.6 Å². The summed E-state index contributed by atoms with van der Waals surface area (Å²) in [6, 6.07) is 9.42. The second kappa shape index (κ2) is 7.09. The number of nitrogens with zero attached hydrogens (tertiary/aromatic N) is 4. The molecule has 3 heterocycles. The van der Waals surface area contributed by atoms with Crippen molar-refractivity contribution in [2.45, 2.75) is 26.4 Å². The molecule has 26 heavy (non-hydrogen) atoms. The molecule has 0 saturated carbocycles. The largest absolute Gasteiger partial charge is 0.294 e. The van der Waals surface area contributed by atoms with Crippen LogP contribution in [0.25, 0.3) is 11.4 Å². The van der Waals surface area contributed by atoms with Crippen LogP contribution in [-0.2, 0) is 19.5 Å². The number of halogens is 2. The highest BCUT2D eigenvalue weighted by atomic mass is 35.5. The van der Waals surface area contributed by atoms with Crippen LogP contribution in [0.2, 0.25) is 5.02 Å². The van der Waals surface area contributed by atoms with E-state index < -0.39 is 5.95 Å². The minimum Gasteiger partial charge on any atom is -0.294 e. The predicted octanol–water partition coefficient (Wildman–Crippen LogP) is 4.20. The Morgan fingerprint density at radius 2 is 1.96 bits per heavy atom. The monoisotopic (exact) mass is 368 g/mol. The summed E-state index contributed by atoms with van der Waals surface area (Å²) in [6.45, 7) is 4.17. The minimum atomic E-state index is -0.402. The molecule has 1 aromatic carbocycles. The molecule has 0 saturated heterocycles. The van der Waals surface area contributed by atoms with E-state index >= 15 is 0 Å². The summed E-state index contributed by atoms with van der Waals surface area (Å²) in [5.74, 6) is 0.327. The number of rotatable bonds is 3. The van der Waals surface area contributed by atoms with E-state index in [2.05, 4.69) is 14.9 Å². The van der Waals surface area contributed by atoms with Crippen LogP contribution in [-0.4, -0.2) is 26.4 Å². The fraction of sp³-hybridized carbons (Fsp3) is 0.250. The Labute approximate surface area is 156 Å². The first-order valence-corrected chi connectivity index (χ1v) is 8.90. The molecule has 4 rings (SSSR count). The third kappa shape index (κ3) is 3.59. The molecule has 1 aliphatic heterocycles. The average molecular weight is 369 g/mol. The molecule has 0 N–H and O–H groups in total. The van der Waals surface area contributed by atoms with Gasteiger partial charge in [0.15, 0.2) is 5.82 Å². The normalized spacial score (nSPS) is 14.3. The highest BCUT2D eigenvalue weighted by Crippen LogP contribution is 2.23. The van der Waals surface area contributed by atoms with Crippen LogP contribution in [0.15, 0.2) is 42.7 Å². The van der Waals surface area contributed by atoms with Crippen LogP contribution < -0.4 is 0 Å². The zero-order valence-corrected chi connectivity index (χ0v) is 15.2. The predicted molar refractivity (Wildman–Crippen MR) is 99.2 cm³/mol. The number of aryl methyl sites for hydroxylation is 1. The first-order chi connectivity index (χ1) is 12.6. The van der Waals surface area contributed by atoms with Gasteiger partial charge in [-0.3, -0.25) is 4.90 Å². The molecule has 6 heteroatoms. The van der Waals surface area contributed by atoms with E-state index in [0.717, 1.165) is 54.3 Å². The quantitative estimate of drug-likeness (QED) is 0.650. The van der Waals surface area contributed by atoms with E-state index in [1.165, 1.54) is 0 Å². The maximum Gasteiger partial charge on any atom is 0.215 e. The van der Waals surface area contributed by atoms with Crippen molar-refractivity contribution in [1.82, 2.24) is 19.9 Å². The van der Waals surface area contributed by atoms with Gasteiger partial charge >= 0.3 is 0 Å². The van der Waals surface area contributed by atoms with Gasteiger partial charge in [-0.1, -0.05) is 11.6 Å². The molecule has 0 amide bonds. The van der Waals surface area contributed by atoms with Crippen molar-refractivity contribution < 1.29 is 4.39 Å². The van der Waals surface area contributed by atoms with E-state index in [-0.39, 0.29) is 0 Å². The molecule has 0 spiro atoms. The molecule has 0 unspecified atom stereocenters. The van der Waals surface area contributed by atoms with Gasteiger partial charge in [0.25, 0.3) is 0 Å². The third-order valence-corrected chi connectivity index (χ3v) is 4.84. The first kappa shape index (κ1) is 17.1. The molecular formula is C20H18ClFN4. The number of aromatic nitrogens is 3. The molecule has 0 aliphatic carbocycles. The smallest absolute Gasteiger partial charge is 0.215 e. The summed E-state index contributed by atoms with van der Waals surface area (Å²) < 4.78 is 13.3. The number of benzene rings is 1. The molecule has 0 atom stereocenters. The van der Waals surface area contributed by atoms with E-state index in [9.17, 15) is 4.39 Å². The number of fused-ring (bicyclic) bond motifs is 1. The lowest BCUT2D eigenvalue weighted by molar-refractivity contribution is 0.242. The minimum absolute atomic E-state index is 0.402. The molecule has 4 nitrogen and oxygen atoms in total. The standard InChI is InChI=1S/C20H18ClFN4/c1-13-8-14(9-23-19(13)22)11-26-7-6-18-16(12-26)10-24-20(25-18)15-2-4-17(21)5-3-15/h2-5,8-10H,6-7,11-12H2,1H3. The summed E-state index contributed by atoms with van der Waals surface area (Å²) in [4.78, 5) is 15.4. The zero-order chi connectivity index (χ0) is 18.1. The van der Waals surface area contributed by atoms with E-state index in [1.807, 2.05) is 36.5 Å². The average Bonchev–Trinajstić information content (AvgIpc) is 2.65. The SMILES string of the molecule is Cc1cc(CN2CCc3nc(-c4ccc(Cl)cc4)ncc3C2)cnc1F. The molecule has 0 bridgehead atoms. The Morgan fingerprint density at radius 1 is 1.15 bits per heavy atom. The van der Waals surface area contributed by atoms with Gasteiger partial charge in [0.1, 0.15) is 0 Å². The van der Waals surface area contributed by atoms with Crippen molar-refractivity contribution in [2.24, 2.45) is 0 Å². The molecular weight excluding hydrogens is 351 g/mol. The Bertz CT molecular complexity index is 943. The van der Waals surface area contributed by atoms with Crippen molar-refractivity contribution in [1.29, 1.82) is 0 Å². The van der Waals surface area contributed by atoms with Gasteiger partial charge in [0.2, 0.25) is 5.95 Å². The Hall–Kier alpha value is -2.37. The lowest BCUT2D eigenvalue weighted by atomic mass is 10.1. The molecule has 2 aromatic heterocycles. The van der Waals surface area contributed by atoms with E-state index in [4.69, 9.17) is 16.6 Å². The van der Waals surface area contributed by atoms with Crippen molar-refractivity contribution >= 4 is 11.6 Å². The Balaban J connectivity index is 1.50. The van der Waals surface area contributed by atoms with Gasteiger partial charge in [-0.15, -0.1) is 0 Å². The van der Waals surface area contributed by atoms with E-state index in [1.54, 1.807) is 13.1 Å². The molecule has 1 aliphatic rings. The summed E-state index contributed by atoms with van der Waals surface area (Å²) >= 11 is 5.94. The lowest BCUT2D eigenvalue weighted by Gasteiger charge is -2.28. The highest BCUT2D eigenvalue weighted by Gasteiger charge is 2.19. The van der Waals surface area contributed by atoms with Gasteiger partial charge in [-0.25, -0.2) is 15.0 Å². The number of hydrogen-bond acceptors (Lipinski definition) is 4. The van der Waals surface area contributed by atoms with Gasteiger partial charge < -0.3 is 0 Å². The fourth-order valence-electron chi connectivity index (χ4n) is 3.21. The number of pyridine rings is 1. The van der Waals surface area contributed by atoms with Crippen molar-refractivity contribution in [2.75, 3.05) is 6.54 Å². The maximum absolute atomic E-state index is 13.3. The molecule has 3 aromatic rings. The van der Waals surface area contributed by atoms with Gasteiger partial charge in [-0.05, 0) is 42.8 Å². The Kier molecular flexibility index (Phi) is 4.66. The highest BCUT2D eigenvalue weighted by molar-refractivity contribution is 6.30. The number of hydrogen-bond donors (Lipinski definition) is 0. The summed E-state index contributed by atoms with van der Waals surface area (Å²) in [5.41, 5.74) is 4.80. The summed E-state index contributed by atoms with van der Waals surface area (Å²) in [6.07, 6.45) is 4.39. The molecule has 132 valence electrons. The van der Waals surface area contributed by atoms with Crippen LogP contribution in [0.1, 0.15) is 22.4 Å². The van der Waals surface area contributed by atoms with Crippen molar-refractivity contribution in [3.8, 4) is 11.4 Å². The first-order valence-electron chi connectivity index (χ1n) is 8.52. The zero-order valence-electron chi connectivity index (χ0n) is 14.4. The van der Waals surface area contributed by atoms with Crippen LogP contribution in [0.3, 0.4) is 0 Å². The van der Waals surface area contributed by atoms with Gasteiger partial charge in [-0.2, -0.15) is 4.39 Å². The topological polar surface area (TPSA) is 41.9 Å². The van der Waals surface area contributed by atoms with Crippen molar-refractivity contribution in [3.05, 3.63) is 76.1 Å². The fourth-order valence-corrected chi connectivity index (χ4v) is 3.33. The maximum atomic E-state index is 13.3. The second-order valence-electron chi connectivity index (χ2n) is 6.58. The van der Waals surface area contributed by atoms with Gasteiger partial charge in [0.05, 0.1) is 5.69 Å². The summed E-state index contributed by atoms with van der Waals surface area (Å²) in [5, 5.41) is 0.702. The van der Waals surface area contributed by atoms with Crippen LogP contribution in [0, 0.1) is 12.9 Å². The lowest BCUT2D eigenvalue weighted by Crippen LogP contribution is -2.31. The molecule has 0 radical (unpaired) electrons. The van der Waals surface area contributed by atoms with Crippen LogP contribution in [0.4, 0.5) is 4.39 Å².